The summed E-state index contributed by atoms with van der Waals surface area (Å²) in [6.45, 7) is 0.0147. The molecule has 0 spiro atoms. The number of aliphatic hydroxyl groups is 1. The summed E-state index contributed by atoms with van der Waals surface area (Å²) in [6, 6.07) is 2.06. The number of nitrogens with one attached hydrogen (secondary N) is 1. The second-order valence-electron chi connectivity index (χ2n) is 4.86. The minimum absolute atomic E-state index is 0.0147. The van der Waals surface area contributed by atoms with Crippen LogP contribution in [-0.2, 0) is 0 Å². The number of carbonyl (C=O) groups is 1. The number of hydrogen-bond donors (Lipinski definition) is 2. The quantitative estimate of drug-likeness (QED) is 0.893. The van der Waals surface area contributed by atoms with Gasteiger partial charge >= 0.3 is 0 Å². The summed E-state index contributed by atoms with van der Waals surface area (Å²) in [5.41, 5.74) is -1.57. The van der Waals surface area contributed by atoms with Crippen LogP contribution in [0, 0.1) is 11.6 Å². The topological polar surface area (TPSA) is 49.3 Å². The fourth-order valence-electron chi connectivity index (χ4n) is 2.30. The molecule has 19 heavy (non-hydrogen) atoms. The largest absolute Gasteiger partial charge is 0.388 e. The molecule has 0 aromatic heterocycles. The van der Waals surface area contributed by atoms with Crippen LogP contribution < -0.4 is 5.32 Å². The molecule has 2 N–H and O–H groups in total. The number of hydrogen-bond acceptors (Lipinski definition) is 2. The summed E-state index contributed by atoms with van der Waals surface area (Å²) in [7, 11) is 0. The molecule has 0 heterocycles. The molecule has 1 saturated carbocycles. The van der Waals surface area contributed by atoms with Crippen LogP contribution in [0.3, 0.4) is 0 Å². The van der Waals surface area contributed by atoms with Crippen molar-refractivity contribution in [1.29, 1.82) is 0 Å². The first kappa shape index (κ1) is 14.4. The van der Waals surface area contributed by atoms with Gasteiger partial charge in [0.2, 0.25) is 0 Å². The zero-order valence-electron chi connectivity index (χ0n) is 10.2. The van der Waals surface area contributed by atoms with Crippen LogP contribution in [0.1, 0.15) is 36.0 Å². The van der Waals surface area contributed by atoms with Crippen molar-refractivity contribution in [2.45, 2.75) is 31.3 Å². The third-order valence-electron chi connectivity index (χ3n) is 3.35. The molecule has 0 saturated heterocycles. The van der Waals surface area contributed by atoms with Crippen LogP contribution in [0.25, 0.3) is 0 Å². The van der Waals surface area contributed by atoms with E-state index in [1.54, 1.807) is 0 Å². The number of carbonyl (C=O) groups excluding carboxylic acids is 1. The van der Waals surface area contributed by atoms with Gasteiger partial charge in [-0.1, -0.05) is 28.8 Å². The van der Waals surface area contributed by atoms with E-state index >= 15 is 0 Å². The summed E-state index contributed by atoms with van der Waals surface area (Å²) in [5, 5.41) is 12.5. The SMILES string of the molecule is O=C(NCC1(O)CCCC1)c1c(F)cc(Br)cc1F. The maximum atomic E-state index is 13.6. The van der Waals surface area contributed by atoms with Crippen LogP contribution in [0.15, 0.2) is 16.6 Å². The molecule has 1 aliphatic rings. The fraction of sp³-hybridized carbons (Fsp3) is 0.462. The Bertz CT molecular complexity index is 478. The van der Waals surface area contributed by atoms with Gasteiger partial charge in [-0.15, -0.1) is 0 Å². The summed E-state index contributed by atoms with van der Waals surface area (Å²) in [6.07, 6.45) is 2.98. The first-order valence-electron chi connectivity index (χ1n) is 6.06. The maximum absolute atomic E-state index is 13.6. The van der Waals surface area contributed by atoms with Gasteiger partial charge in [-0.05, 0) is 25.0 Å². The summed E-state index contributed by atoms with van der Waals surface area (Å²) < 4.78 is 27.4. The monoisotopic (exact) mass is 333 g/mol. The Morgan fingerprint density at radius 3 is 2.37 bits per heavy atom. The average Bonchev–Trinajstić information content (AvgIpc) is 2.73. The van der Waals surface area contributed by atoms with Crippen molar-refractivity contribution in [3.05, 3.63) is 33.8 Å². The highest BCUT2D eigenvalue weighted by Gasteiger charge is 2.32. The Hall–Kier alpha value is -1.01. The van der Waals surface area contributed by atoms with Gasteiger partial charge in [-0.3, -0.25) is 4.79 Å². The molecule has 0 unspecified atom stereocenters. The van der Waals surface area contributed by atoms with E-state index in [9.17, 15) is 18.7 Å². The standard InChI is InChI=1S/C13H14BrF2NO2/c14-8-5-9(15)11(10(16)6-8)12(18)17-7-13(19)3-1-2-4-13/h5-6,19H,1-4,7H2,(H,17,18). The van der Waals surface area contributed by atoms with Crippen molar-refractivity contribution in [2.75, 3.05) is 6.54 Å². The Kier molecular flexibility index (Phi) is 4.20. The lowest BCUT2D eigenvalue weighted by atomic mass is 10.0. The molecule has 1 fully saturated rings. The van der Waals surface area contributed by atoms with Crippen molar-refractivity contribution in [3.63, 3.8) is 0 Å². The van der Waals surface area contributed by atoms with Crippen LogP contribution in [0.2, 0.25) is 0 Å². The van der Waals surface area contributed by atoms with E-state index in [-0.39, 0.29) is 11.0 Å². The molecule has 2 rings (SSSR count). The van der Waals surface area contributed by atoms with Crippen molar-refractivity contribution < 1.29 is 18.7 Å². The van der Waals surface area contributed by atoms with E-state index in [2.05, 4.69) is 21.2 Å². The van der Waals surface area contributed by atoms with E-state index in [1.165, 1.54) is 0 Å². The highest BCUT2D eigenvalue weighted by atomic mass is 79.9. The van der Waals surface area contributed by atoms with Crippen LogP contribution in [-0.4, -0.2) is 23.2 Å². The van der Waals surface area contributed by atoms with E-state index in [0.717, 1.165) is 25.0 Å². The van der Waals surface area contributed by atoms with E-state index in [0.29, 0.717) is 12.8 Å². The van der Waals surface area contributed by atoms with Crippen LogP contribution >= 0.6 is 15.9 Å². The van der Waals surface area contributed by atoms with Gasteiger partial charge in [0.25, 0.3) is 5.91 Å². The van der Waals surface area contributed by atoms with Crippen molar-refractivity contribution >= 4 is 21.8 Å². The van der Waals surface area contributed by atoms with Crippen molar-refractivity contribution in [1.82, 2.24) is 5.32 Å². The number of benzene rings is 1. The third kappa shape index (κ3) is 3.30. The molecular weight excluding hydrogens is 320 g/mol. The Labute approximate surface area is 118 Å². The predicted molar refractivity (Wildman–Crippen MR) is 69.8 cm³/mol. The molecule has 0 atom stereocenters. The Morgan fingerprint density at radius 2 is 1.84 bits per heavy atom. The molecule has 3 nitrogen and oxygen atoms in total. The predicted octanol–water partition coefficient (Wildman–Crippen LogP) is 2.76. The molecule has 1 aromatic carbocycles. The van der Waals surface area contributed by atoms with Crippen LogP contribution in [0.4, 0.5) is 8.78 Å². The van der Waals surface area contributed by atoms with Gasteiger partial charge in [0.05, 0.1) is 5.60 Å². The third-order valence-corrected chi connectivity index (χ3v) is 3.80. The highest BCUT2D eigenvalue weighted by molar-refractivity contribution is 9.10. The van der Waals surface area contributed by atoms with Crippen LogP contribution in [0.5, 0.6) is 0 Å². The van der Waals surface area contributed by atoms with E-state index < -0.39 is 28.7 Å². The number of rotatable bonds is 3. The second-order valence-corrected chi connectivity index (χ2v) is 5.77. The molecular formula is C13H14BrF2NO2. The molecule has 6 heteroatoms. The molecule has 104 valence electrons. The lowest BCUT2D eigenvalue weighted by molar-refractivity contribution is 0.0447. The lowest BCUT2D eigenvalue weighted by Gasteiger charge is -2.22. The summed E-state index contributed by atoms with van der Waals surface area (Å²) in [5.74, 6) is -2.70. The summed E-state index contributed by atoms with van der Waals surface area (Å²) in [4.78, 5) is 11.8. The van der Waals surface area contributed by atoms with Gasteiger partial charge in [-0.25, -0.2) is 8.78 Å². The van der Waals surface area contributed by atoms with Gasteiger partial charge in [0, 0.05) is 11.0 Å². The average molecular weight is 334 g/mol. The van der Waals surface area contributed by atoms with E-state index in [4.69, 9.17) is 0 Å². The first-order valence-corrected chi connectivity index (χ1v) is 6.86. The number of amides is 1. The molecule has 1 amide bonds. The van der Waals surface area contributed by atoms with Crippen molar-refractivity contribution in [2.24, 2.45) is 0 Å². The highest BCUT2D eigenvalue weighted by Crippen LogP contribution is 2.28. The van der Waals surface area contributed by atoms with Gasteiger partial charge < -0.3 is 10.4 Å². The fourth-order valence-corrected chi connectivity index (χ4v) is 2.70. The molecule has 0 aliphatic heterocycles. The van der Waals surface area contributed by atoms with Crippen molar-refractivity contribution in [3.8, 4) is 0 Å². The van der Waals surface area contributed by atoms with Gasteiger partial charge in [-0.2, -0.15) is 0 Å². The van der Waals surface area contributed by atoms with Gasteiger partial charge in [0.15, 0.2) is 0 Å². The Balaban J connectivity index is 2.08. The zero-order chi connectivity index (χ0) is 14.0. The minimum atomic E-state index is -0.946. The Morgan fingerprint density at radius 1 is 1.32 bits per heavy atom. The molecule has 1 aromatic rings. The second kappa shape index (κ2) is 5.54. The molecule has 0 bridgehead atoms. The smallest absolute Gasteiger partial charge is 0.257 e. The number of halogens is 3. The van der Waals surface area contributed by atoms with E-state index in [1.807, 2.05) is 0 Å². The zero-order valence-corrected chi connectivity index (χ0v) is 11.8. The first-order chi connectivity index (χ1) is 8.91. The minimum Gasteiger partial charge on any atom is -0.388 e. The molecule has 1 aliphatic carbocycles. The normalized spacial score (nSPS) is 17.5. The lowest BCUT2D eigenvalue weighted by Crippen LogP contribution is -2.41. The summed E-state index contributed by atoms with van der Waals surface area (Å²) >= 11 is 2.95. The maximum Gasteiger partial charge on any atom is 0.257 e. The molecule has 0 radical (unpaired) electrons. The van der Waals surface area contributed by atoms with Gasteiger partial charge in [0.1, 0.15) is 17.2 Å².